The second kappa shape index (κ2) is 8.20. The molecule has 0 heterocycles. The number of ketones is 1. The van der Waals surface area contributed by atoms with Crippen molar-refractivity contribution in [2.45, 2.75) is 10.6 Å². The molecular formula is C22H18O6S. The summed E-state index contributed by atoms with van der Waals surface area (Å²) >= 11 is 0. The molecular weight excluding hydrogens is 392 g/mol. The molecule has 0 unspecified atom stereocenters. The van der Waals surface area contributed by atoms with Crippen LogP contribution < -0.4 is 0 Å². The summed E-state index contributed by atoms with van der Waals surface area (Å²) in [6.07, 6.45) is 2.68. The van der Waals surface area contributed by atoms with E-state index in [0.29, 0.717) is 16.7 Å². The van der Waals surface area contributed by atoms with Gasteiger partial charge in [-0.2, -0.15) is 0 Å². The molecule has 29 heavy (non-hydrogen) atoms. The van der Waals surface area contributed by atoms with Gasteiger partial charge in [-0.25, -0.2) is 8.42 Å². The topological polar surface area (TPSA) is 112 Å². The highest BCUT2D eigenvalue weighted by molar-refractivity contribution is 7.90. The molecule has 0 aromatic heterocycles. The summed E-state index contributed by atoms with van der Waals surface area (Å²) in [6, 6.07) is 15.6. The number of hydrogen-bond acceptors (Lipinski definition) is 6. The van der Waals surface area contributed by atoms with Gasteiger partial charge >= 0.3 is 0 Å². The van der Waals surface area contributed by atoms with Gasteiger partial charge in [-0.1, -0.05) is 18.2 Å². The highest BCUT2D eigenvalue weighted by atomic mass is 32.2. The van der Waals surface area contributed by atoms with Gasteiger partial charge in [-0.05, 0) is 60.2 Å². The standard InChI is InChI=1S/C22H18O6S/c23-18-7-9-20(10-8-18)29(27,28)14-15-2-1-3-17(12-15)21(25)11-5-16-4-6-19(24)13-22(16)26/h1-13,23-24,26H,14H2/b11-5+. The SMILES string of the molecule is O=C(/C=C/c1ccc(O)cc1O)c1cccc(CS(=O)(=O)c2ccc(O)cc2)c1. The van der Waals surface area contributed by atoms with Crippen molar-refractivity contribution in [3.8, 4) is 17.2 Å². The lowest BCUT2D eigenvalue weighted by Gasteiger charge is -2.06. The first-order valence-electron chi connectivity index (χ1n) is 8.60. The molecule has 0 aliphatic rings. The second-order valence-corrected chi connectivity index (χ2v) is 8.38. The quantitative estimate of drug-likeness (QED) is 0.422. The molecule has 148 valence electrons. The Morgan fingerprint density at radius 2 is 1.55 bits per heavy atom. The van der Waals surface area contributed by atoms with Crippen LogP contribution >= 0.6 is 0 Å². The Kier molecular flexibility index (Phi) is 5.70. The van der Waals surface area contributed by atoms with Crippen LogP contribution in [0.4, 0.5) is 0 Å². The Morgan fingerprint density at radius 3 is 2.24 bits per heavy atom. The average molecular weight is 410 g/mol. The summed E-state index contributed by atoms with van der Waals surface area (Å²) in [5, 5.41) is 28.4. The van der Waals surface area contributed by atoms with E-state index in [0.717, 1.165) is 0 Å². The van der Waals surface area contributed by atoms with Gasteiger partial charge in [0.15, 0.2) is 15.6 Å². The van der Waals surface area contributed by atoms with E-state index in [4.69, 9.17) is 0 Å². The molecule has 0 aliphatic heterocycles. The molecule has 0 saturated carbocycles. The van der Waals surface area contributed by atoms with E-state index in [1.54, 1.807) is 18.2 Å². The van der Waals surface area contributed by atoms with Crippen LogP contribution in [-0.2, 0) is 15.6 Å². The maximum absolute atomic E-state index is 12.5. The van der Waals surface area contributed by atoms with Crippen molar-refractivity contribution in [2.75, 3.05) is 0 Å². The molecule has 7 heteroatoms. The van der Waals surface area contributed by atoms with Crippen molar-refractivity contribution in [3.05, 3.63) is 89.5 Å². The summed E-state index contributed by atoms with van der Waals surface area (Å²) in [7, 11) is -3.63. The first kappa shape index (κ1) is 20.2. The Hall–Kier alpha value is -3.58. The fourth-order valence-corrected chi connectivity index (χ4v) is 4.04. The molecule has 0 saturated heterocycles. The van der Waals surface area contributed by atoms with E-state index in [2.05, 4.69) is 0 Å². The zero-order chi connectivity index (χ0) is 21.0. The van der Waals surface area contributed by atoms with E-state index in [9.17, 15) is 28.5 Å². The monoisotopic (exact) mass is 410 g/mol. The number of aromatic hydroxyl groups is 3. The van der Waals surface area contributed by atoms with Gasteiger partial charge in [-0.3, -0.25) is 4.79 Å². The molecule has 0 bridgehead atoms. The van der Waals surface area contributed by atoms with Gasteiger partial charge < -0.3 is 15.3 Å². The van der Waals surface area contributed by atoms with Crippen LogP contribution in [0.15, 0.2) is 77.7 Å². The molecule has 6 nitrogen and oxygen atoms in total. The summed E-state index contributed by atoms with van der Waals surface area (Å²) < 4.78 is 25.1. The average Bonchev–Trinajstić information content (AvgIpc) is 2.67. The Labute approximate surface area is 167 Å². The van der Waals surface area contributed by atoms with E-state index >= 15 is 0 Å². The lowest BCUT2D eigenvalue weighted by molar-refractivity contribution is 0.104. The largest absolute Gasteiger partial charge is 0.508 e. The normalized spacial score (nSPS) is 11.6. The maximum Gasteiger partial charge on any atom is 0.185 e. The van der Waals surface area contributed by atoms with E-state index < -0.39 is 9.84 Å². The molecule has 0 amide bonds. The predicted octanol–water partition coefficient (Wildman–Crippen LogP) is 3.67. The van der Waals surface area contributed by atoms with Gasteiger partial charge in [0.1, 0.15) is 17.2 Å². The van der Waals surface area contributed by atoms with Crippen LogP contribution in [0.3, 0.4) is 0 Å². The number of carbonyl (C=O) groups excluding carboxylic acids is 1. The zero-order valence-corrected chi connectivity index (χ0v) is 16.0. The fourth-order valence-electron chi connectivity index (χ4n) is 2.71. The van der Waals surface area contributed by atoms with Crippen molar-refractivity contribution in [2.24, 2.45) is 0 Å². The van der Waals surface area contributed by atoms with Crippen LogP contribution in [-0.4, -0.2) is 29.5 Å². The highest BCUT2D eigenvalue weighted by Crippen LogP contribution is 2.24. The molecule has 0 aliphatic carbocycles. The third-order valence-corrected chi connectivity index (χ3v) is 5.90. The summed E-state index contributed by atoms with van der Waals surface area (Å²) in [6.45, 7) is 0. The molecule has 0 atom stereocenters. The minimum absolute atomic E-state index is 0.0250. The number of phenols is 3. The van der Waals surface area contributed by atoms with Crippen LogP contribution in [0.2, 0.25) is 0 Å². The van der Waals surface area contributed by atoms with Crippen LogP contribution in [0, 0.1) is 0 Å². The van der Waals surface area contributed by atoms with Gasteiger partial charge in [0.05, 0.1) is 10.6 Å². The summed E-state index contributed by atoms with van der Waals surface area (Å²) in [4.78, 5) is 12.5. The molecule has 3 aromatic rings. The van der Waals surface area contributed by atoms with Gasteiger partial charge in [-0.15, -0.1) is 0 Å². The number of rotatable bonds is 6. The number of allylic oxidation sites excluding steroid dienone is 1. The Bertz CT molecular complexity index is 1180. The lowest BCUT2D eigenvalue weighted by Crippen LogP contribution is -2.06. The number of phenolic OH excluding ortho intramolecular Hbond substituents is 3. The van der Waals surface area contributed by atoms with Crippen molar-refractivity contribution < 1.29 is 28.5 Å². The van der Waals surface area contributed by atoms with E-state index in [1.807, 2.05) is 0 Å². The number of hydrogen-bond donors (Lipinski definition) is 3. The van der Waals surface area contributed by atoms with Gasteiger partial charge in [0.2, 0.25) is 0 Å². The molecule has 3 rings (SSSR count). The molecule has 3 aromatic carbocycles. The van der Waals surface area contributed by atoms with Crippen LogP contribution in [0.25, 0.3) is 6.08 Å². The Morgan fingerprint density at radius 1 is 0.862 bits per heavy atom. The van der Waals surface area contributed by atoms with E-state index in [1.165, 1.54) is 60.7 Å². The summed E-state index contributed by atoms with van der Waals surface area (Å²) in [5.41, 5.74) is 1.12. The van der Waals surface area contributed by atoms with Crippen molar-refractivity contribution >= 4 is 21.7 Å². The number of carbonyl (C=O) groups is 1. The molecule has 0 spiro atoms. The van der Waals surface area contributed by atoms with Crippen molar-refractivity contribution in [1.82, 2.24) is 0 Å². The number of sulfone groups is 1. The Balaban J connectivity index is 1.79. The minimum Gasteiger partial charge on any atom is -0.508 e. The molecule has 3 N–H and O–H groups in total. The van der Waals surface area contributed by atoms with Crippen molar-refractivity contribution in [3.63, 3.8) is 0 Å². The maximum atomic E-state index is 12.5. The van der Waals surface area contributed by atoms with Crippen molar-refractivity contribution in [1.29, 1.82) is 0 Å². The smallest absolute Gasteiger partial charge is 0.185 e. The molecule has 0 radical (unpaired) electrons. The fraction of sp³-hybridized carbons (Fsp3) is 0.0455. The lowest BCUT2D eigenvalue weighted by atomic mass is 10.1. The first-order valence-corrected chi connectivity index (χ1v) is 10.2. The molecule has 0 fully saturated rings. The van der Waals surface area contributed by atoms with E-state index in [-0.39, 0.29) is 33.7 Å². The summed E-state index contributed by atoms with van der Waals surface area (Å²) in [5.74, 6) is -0.929. The van der Waals surface area contributed by atoms with Gasteiger partial charge in [0, 0.05) is 17.2 Å². The van der Waals surface area contributed by atoms with Crippen LogP contribution in [0.5, 0.6) is 17.2 Å². The third kappa shape index (κ3) is 5.03. The van der Waals surface area contributed by atoms with Gasteiger partial charge in [0.25, 0.3) is 0 Å². The second-order valence-electron chi connectivity index (χ2n) is 6.39. The number of benzene rings is 3. The minimum atomic E-state index is -3.63. The van der Waals surface area contributed by atoms with Crippen LogP contribution in [0.1, 0.15) is 21.5 Å². The predicted molar refractivity (Wildman–Crippen MR) is 109 cm³/mol. The zero-order valence-electron chi connectivity index (χ0n) is 15.2. The first-order chi connectivity index (χ1) is 13.7. The third-order valence-electron chi connectivity index (χ3n) is 4.19. The highest BCUT2D eigenvalue weighted by Gasteiger charge is 2.16.